The van der Waals surface area contributed by atoms with E-state index in [9.17, 15) is 9.59 Å². The first-order valence-electron chi connectivity index (χ1n) is 11.2. The van der Waals surface area contributed by atoms with E-state index in [1.165, 1.54) is 19.6 Å². The van der Waals surface area contributed by atoms with Gasteiger partial charge in [-0.25, -0.2) is 4.63 Å². The van der Waals surface area contributed by atoms with Gasteiger partial charge in [-0.05, 0) is 32.1 Å². The van der Waals surface area contributed by atoms with Gasteiger partial charge in [-0.15, -0.1) is 0 Å². The normalized spacial score (nSPS) is 18.8. The predicted octanol–water partition coefficient (Wildman–Crippen LogP) is 2.03. The average Bonchev–Trinajstić information content (AvgIpc) is 3.07. The second-order valence-corrected chi connectivity index (χ2v) is 8.68. The molecule has 2 aromatic rings. The first kappa shape index (κ1) is 22.3. The molecule has 0 aromatic carbocycles. The molecular weight excluding hydrogens is 410 g/mol. The van der Waals surface area contributed by atoms with E-state index in [1.54, 1.807) is 23.4 Å². The molecule has 0 radical (unpaired) electrons. The summed E-state index contributed by atoms with van der Waals surface area (Å²) in [7, 11) is 3.20. The van der Waals surface area contributed by atoms with Crippen molar-refractivity contribution < 1.29 is 14.2 Å². The number of carbonyl (C=O) groups is 1. The van der Waals surface area contributed by atoms with E-state index in [0.717, 1.165) is 38.2 Å². The minimum Gasteiger partial charge on any atom is -0.496 e. The van der Waals surface area contributed by atoms with Crippen LogP contribution in [0.2, 0.25) is 0 Å². The summed E-state index contributed by atoms with van der Waals surface area (Å²) in [6, 6.07) is 1.43. The fraction of sp³-hybridized carbons (Fsp3) is 0.565. The van der Waals surface area contributed by atoms with Crippen molar-refractivity contribution in [3.8, 4) is 5.75 Å². The van der Waals surface area contributed by atoms with Crippen molar-refractivity contribution in [2.45, 2.75) is 45.7 Å². The Kier molecular flexibility index (Phi) is 6.74. The van der Waals surface area contributed by atoms with Crippen molar-refractivity contribution >= 4 is 5.91 Å². The van der Waals surface area contributed by atoms with Crippen molar-refractivity contribution in [1.29, 1.82) is 0 Å². The molecule has 4 rings (SSSR count). The molecule has 0 saturated heterocycles. The lowest BCUT2D eigenvalue weighted by molar-refractivity contribution is 0.0776. The Balaban J connectivity index is 1.59. The molecule has 1 aliphatic carbocycles. The Bertz CT molecular complexity index is 1060. The molecule has 0 spiro atoms. The smallest absolute Gasteiger partial charge is 0.259 e. The minimum absolute atomic E-state index is 0.130. The maximum absolute atomic E-state index is 13.5. The molecule has 0 N–H and O–H groups in total. The Hall–Kier alpha value is -2.94. The van der Waals surface area contributed by atoms with Crippen molar-refractivity contribution in [3.05, 3.63) is 51.2 Å². The highest BCUT2D eigenvalue weighted by Gasteiger charge is 2.28. The first-order chi connectivity index (χ1) is 15.5. The van der Waals surface area contributed by atoms with Crippen LogP contribution in [0, 0.1) is 12.8 Å². The van der Waals surface area contributed by atoms with E-state index in [1.807, 2.05) is 0 Å². The van der Waals surface area contributed by atoms with E-state index < -0.39 is 0 Å². The third kappa shape index (κ3) is 4.62. The van der Waals surface area contributed by atoms with Crippen molar-refractivity contribution in [2.24, 2.45) is 5.92 Å². The van der Waals surface area contributed by atoms with E-state index in [0.29, 0.717) is 41.6 Å². The highest BCUT2D eigenvalue weighted by molar-refractivity contribution is 5.98. The maximum atomic E-state index is 13.5. The van der Waals surface area contributed by atoms with Crippen LogP contribution in [0.5, 0.6) is 5.75 Å². The van der Waals surface area contributed by atoms with Crippen LogP contribution in [-0.4, -0.2) is 64.4 Å². The number of rotatable bonds is 6. The van der Waals surface area contributed by atoms with E-state index >= 15 is 0 Å². The molecule has 0 saturated carbocycles. The number of nitrogens with zero attached hydrogens (tertiary/aromatic N) is 5. The molecule has 1 unspecified atom stereocenters. The number of aryl methyl sites for hydroxylation is 1. The van der Waals surface area contributed by atoms with Gasteiger partial charge in [0.1, 0.15) is 22.7 Å². The van der Waals surface area contributed by atoms with Gasteiger partial charge in [0.25, 0.3) is 11.5 Å². The Morgan fingerprint density at radius 1 is 1.28 bits per heavy atom. The third-order valence-electron chi connectivity index (χ3n) is 6.49. The molecule has 0 fully saturated rings. The molecule has 9 nitrogen and oxygen atoms in total. The van der Waals surface area contributed by atoms with Crippen LogP contribution in [0.25, 0.3) is 0 Å². The Morgan fingerprint density at radius 3 is 2.81 bits per heavy atom. The molecule has 1 atom stereocenters. The average molecular weight is 442 g/mol. The molecule has 1 amide bonds. The molecule has 172 valence electrons. The van der Waals surface area contributed by atoms with Gasteiger partial charge in [0.15, 0.2) is 0 Å². The van der Waals surface area contributed by atoms with Crippen LogP contribution in [0.3, 0.4) is 0 Å². The number of hydrogen-bond donors (Lipinski definition) is 0. The van der Waals surface area contributed by atoms with E-state index in [-0.39, 0.29) is 18.0 Å². The summed E-state index contributed by atoms with van der Waals surface area (Å²) < 4.78 is 12.0. The quantitative estimate of drug-likeness (QED) is 0.633. The molecule has 9 heteroatoms. The topological polar surface area (TPSA) is 93.7 Å². The number of allylic oxidation sites excluding steroid dienone is 2. The molecule has 0 bridgehead atoms. The fourth-order valence-corrected chi connectivity index (χ4v) is 4.63. The van der Waals surface area contributed by atoms with E-state index in [2.05, 4.69) is 27.4 Å². The monoisotopic (exact) mass is 441 g/mol. The zero-order valence-corrected chi connectivity index (χ0v) is 19.0. The summed E-state index contributed by atoms with van der Waals surface area (Å²) in [6.45, 7) is 5.24. The number of ether oxygens (including phenoxy) is 1. The fourth-order valence-electron chi connectivity index (χ4n) is 4.63. The summed E-state index contributed by atoms with van der Waals surface area (Å²) in [4.78, 5) is 30.3. The van der Waals surface area contributed by atoms with Crippen molar-refractivity contribution in [3.63, 3.8) is 0 Å². The molecule has 32 heavy (non-hydrogen) atoms. The molecular formula is C23H31N5O4. The minimum atomic E-state index is -0.209. The number of fused-ring (bicyclic) bond motifs is 1. The lowest BCUT2D eigenvalue weighted by Gasteiger charge is -2.26. The standard InChI is InChI=1S/C23H31N5O4/c1-16-18(25-32-24-16)15-26(2)23(30)22-19-9-10-27(14-17-7-5-4-6-8-17)11-12-28(19)21(29)13-20(22)31-3/h4-5,13,17H,6-12,14-15H2,1-3H3. The zero-order chi connectivity index (χ0) is 22.7. The molecule has 3 heterocycles. The van der Waals surface area contributed by atoms with Crippen LogP contribution in [-0.2, 0) is 19.5 Å². The van der Waals surface area contributed by atoms with Gasteiger partial charge in [-0.3, -0.25) is 9.59 Å². The van der Waals surface area contributed by atoms with Crippen molar-refractivity contribution in [2.75, 3.05) is 33.8 Å². The number of methoxy groups -OCH3 is 1. The maximum Gasteiger partial charge on any atom is 0.259 e. The van der Waals surface area contributed by atoms with Crippen molar-refractivity contribution in [1.82, 2.24) is 24.7 Å². The summed E-state index contributed by atoms with van der Waals surface area (Å²) >= 11 is 0. The van der Waals surface area contributed by atoms with Crippen LogP contribution >= 0.6 is 0 Å². The number of carbonyl (C=O) groups excluding carboxylic acids is 1. The number of aromatic nitrogens is 3. The van der Waals surface area contributed by atoms with Crippen LogP contribution < -0.4 is 10.3 Å². The van der Waals surface area contributed by atoms with Gasteiger partial charge in [0, 0.05) is 51.4 Å². The highest BCUT2D eigenvalue weighted by atomic mass is 16.6. The van der Waals surface area contributed by atoms with Gasteiger partial charge in [-0.2, -0.15) is 0 Å². The van der Waals surface area contributed by atoms with E-state index in [4.69, 9.17) is 9.37 Å². The number of hydrogen-bond acceptors (Lipinski definition) is 7. The number of amides is 1. The highest BCUT2D eigenvalue weighted by Crippen LogP contribution is 2.26. The summed E-state index contributed by atoms with van der Waals surface area (Å²) in [5, 5.41) is 7.66. The second-order valence-electron chi connectivity index (χ2n) is 8.68. The first-order valence-corrected chi connectivity index (χ1v) is 11.2. The number of pyridine rings is 1. The van der Waals surface area contributed by atoms with Crippen LogP contribution in [0.15, 0.2) is 27.6 Å². The lowest BCUT2D eigenvalue weighted by atomic mass is 9.94. The van der Waals surface area contributed by atoms with Gasteiger partial charge >= 0.3 is 0 Å². The zero-order valence-electron chi connectivity index (χ0n) is 19.0. The van der Waals surface area contributed by atoms with Gasteiger partial charge < -0.3 is 19.1 Å². The van der Waals surface area contributed by atoms with Gasteiger partial charge in [0.05, 0.1) is 13.7 Å². The molecule has 2 aromatic heterocycles. The van der Waals surface area contributed by atoms with Crippen LogP contribution in [0.4, 0.5) is 0 Å². The van der Waals surface area contributed by atoms with Gasteiger partial charge in [-0.1, -0.05) is 22.5 Å². The predicted molar refractivity (Wildman–Crippen MR) is 119 cm³/mol. The summed E-state index contributed by atoms with van der Waals surface area (Å²) in [5.74, 6) is 0.761. The van der Waals surface area contributed by atoms with Crippen LogP contribution in [0.1, 0.15) is 46.7 Å². The summed E-state index contributed by atoms with van der Waals surface area (Å²) in [6.07, 6.45) is 8.61. The summed E-state index contributed by atoms with van der Waals surface area (Å²) in [5.41, 5.74) is 2.31. The Labute approximate surface area is 187 Å². The molecule has 2 aliphatic rings. The Morgan fingerprint density at radius 2 is 2.12 bits per heavy atom. The third-order valence-corrected chi connectivity index (χ3v) is 6.49. The second kappa shape index (κ2) is 9.68. The molecule has 1 aliphatic heterocycles. The largest absolute Gasteiger partial charge is 0.496 e. The lowest BCUT2D eigenvalue weighted by Crippen LogP contribution is -2.33. The SMILES string of the molecule is COc1cc(=O)n2c(c1C(=O)N(C)Cc1nonc1C)CCN(CC1CC=CCC1)CC2. The van der Waals surface area contributed by atoms with Gasteiger partial charge in [0.2, 0.25) is 0 Å².